The lowest BCUT2D eigenvalue weighted by atomic mass is 10.1. The van der Waals surface area contributed by atoms with E-state index in [4.69, 9.17) is 0 Å². The summed E-state index contributed by atoms with van der Waals surface area (Å²) in [5.41, 5.74) is 3.61. The Labute approximate surface area is 114 Å². The second-order valence-electron chi connectivity index (χ2n) is 4.41. The van der Waals surface area contributed by atoms with Gasteiger partial charge >= 0.3 is 0 Å². The summed E-state index contributed by atoms with van der Waals surface area (Å²) in [6, 6.07) is 14.5. The van der Waals surface area contributed by atoms with Crippen LogP contribution < -0.4 is 0 Å². The van der Waals surface area contributed by atoms with Crippen LogP contribution in [0.15, 0.2) is 53.1 Å². The minimum atomic E-state index is 0.806. The first kappa shape index (κ1) is 11.5. The zero-order valence-corrected chi connectivity index (χ0v) is 11.7. The van der Waals surface area contributed by atoms with Gasteiger partial charge in [-0.15, -0.1) is 0 Å². The number of rotatable bonds is 2. The lowest BCUT2D eigenvalue weighted by molar-refractivity contribution is 0.692. The van der Waals surface area contributed by atoms with Crippen LogP contribution in [0.5, 0.6) is 0 Å². The molecule has 0 aliphatic carbocycles. The lowest BCUT2D eigenvalue weighted by Crippen LogP contribution is -2.02. The molecule has 0 radical (unpaired) electrons. The Hall–Kier alpha value is -1.61. The Morgan fingerprint density at radius 1 is 1.11 bits per heavy atom. The largest absolute Gasteiger partial charge is 0.267 e. The first-order chi connectivity index (χ1) is 8.74. The molecule has 3 rings (SSSR count). The number of benzene rings is 2. The molecule has 90 valence electrons. The van der Waals surface area contributed by atoms with E-state index in [0.29, 0.717) is 0 Å². The van der Waals surface area contributed by atoms with Crippen molar-refractivity contribution in [3.05, 3.63) is 64.3 Å². The van der Waals surface area contributed by atoms with E-state index in [1.165, 1.54) is 16.5 Å². The van der Waals surface area contributed by atoms with E-state index in [1.54, 1.807) is 0 Å². The minimum Gasteiger partial charge on any atom is -0.267 e. The summed E-state index contributed by atoms with van der Waals surface area (Å²) in [6.45, 7) is 2.93. The van der Waals surface area contributed by atoms with Gasteiger partial charge in [-0.2, -0.15) is 5.10 Å². The fraction of sp³-hybridized carbons (Fsp3) is 0.133. The van der Waals surface area contributed by atoms with Gasteiger partial charge in [-0.1, -0.05) is 46.3 Å². The van der Waals surface area contributed by atoms with Crippen LogP contribution in [0.2, 0.25) is 0 Å². The Morgan fingerprint density at radius 3 is 2.78 bits per heavy atom. The number of halogens is 1. The van der Waals surface area contributed by atoms with E-state index in [2.05, 4.69) is 58.4 Å². The molecule has 3 heteroatoms. The van der Waals surface area contributed by atoms with Crippen LogP contribution in [0.25, 0.3) is 10.9 Å². The summed E-state index contributed by atoms with van der Waals surface area (Å²) in [5, 5.41) is 5.77. The van der Waals surface area contributed by atoms with Crippen molar-refractivity contribution < 1.29 is 0 Å². The Balaban J connectivity index is 1.99. The zero-order valence-electron chi connectivity index (χ0n) is 10.1. The molecule has 0 spiro atoms. The van der Waals surface area contributed by atoms with E-state index < -0.39 is 0 Å². The van der Waals surface area contributed by atoms with Crippen LogP contribution in [0.1, 0.15) is 11.1 Å². The van der Waals surface area contributed by atoms with Crippen LogP contribution in [0.4, 0.5) is 0 Å². The van der Waals surface area contributed by atoms with E-state index in [9.17, 15) is 0 Å². The van der Waals surface area contributed by atoms with Gasteiger partial charge in [0.2, 0.25) is 0 Å². The highest BCUT2D eigenvalue weighted by atomic mass is 79.9. The normalized spacial score (nSPS) is 11.0. The summed E-state index contributed by atoms with van der Waals surface area (Å²) in [7, 11) is 0. The second-order valence-corrected chi connectivity index (χ2v) is 5.26. The van der Waals surface area contributed by atoms with E-state index in [0.717, 1.165) is 16.5 Å². The maximum absolute atomic E-state index is 4.58. The maximum Gasteiger partial charge on any atom is 0.0923 e. The molecule has 2 aromatic carbocycles. The molecule has 0 aliphatic rings. The third-order valence-corrected chi connectivity index (χ3v) is 4.03. The van der Waals surface area contributed by atoms with Gasteiger partial charge in [-0.25, -0.2) is 0 Å². The van der Waals surface area contributed by atoms with Crippen LogP contribution in [0.3, 0.4) is 0 Å². The van der Waals surface area contributed by atoms with Gasteiger partial charge in [0.25, 0.3) is 0 Å². The second kappa shape index (κ2) is 4.58. The van der Waals surface area contributed by atoms with E-state index >= 15 is 0 Å². The fourth-order valence-corrected chi connectivity index (χ4v) is 2.50. The molecule has 0 fully saturated rings. The predicted molar refractivity (Wildman–Crippen MR) is 77.7 cm³/mol. The monoisotopic (exact) mass is 300 g/mol. The quantitative estimate of drug-likeness (QED) is 0.695. The standard InChI is InChI=1S/C15H13BrN2/c1-11-12(6-4-7-14(11)16)9-18-10-13-5-2-3-8-15(13)17-18/h2-8,10H,9H2,1H3. The van der Waals surface area contributed by atoms with Crippen molar-refractivity contribution >= 4 is 26.8 Å². The number of hydrogen-bond donors (Lipinski definition) is 0. The van der Waals surface area contributed by atoms with Crippen molar-refractivity contribution in [3.8, 4) is 0 Å². The third-order valence-electron chi connectivity index (χ3n) is 3.17. The zero-order chi connectivity index (χ0) is 12.5. The van der Waals surface area contributed by atoms with Gasteiger partial charge < -0.3 is 0 Å². The van der Waals surface area contributed by atoms with Gasteiger partial charge in [0.1, 0.15) is 0 Å². The molecule has 3 aromatic rings. The molecule has 0 N–H and O–H groups in total. The SMILES string of the molecule is Cc1c(Br)cccc1Cn1cc2ccccc2n1. The Bertz CT molecular complexity index is 668. The van der Waals surface area contributed by atoms with Crippen LogP contribution in [-0.2, 0) is 6.54 Å². The summed E-state index contributed by atoms with van der Waals surface area (Å²) in [4.78, 5) is 0. The summed E-state index contributed by atoms with van der Waals surface area (Å²) < 4.78 is 3.15. The van der Waals surface area contributed by atoms with Crippen molar-refractivity contribution in [3.63, 3.8) is 0 Å². The molecule has 0 atom stereocenters. The molecule has 0 bridgehead atoms. The number of aromatic nitrogens is 2. The summed E-state index contributed by atoms with van der Waals surface area (Å²) in [5.74, 6) is 0. The van der Waals surface area contributed by atoms with Crippen molar-refractivity contribution in [2.45, 2.75) is 13.5 Å². The van der Waals surface area contributed by atoms with Gasteiger partial charge in [0, 0.05) is 16.1 Å². The highest BCUT2D eigenvalue weighted by Gasteiger charge is 2.04. The summed E-state index contributed by atoms with van der Waals surface area (Å²) >= 11 is 3.56. The maximum atomic E-state index is 4.58. The molecule has 2 nitrogen and oxygen atoms in total. The molecule has 1 heterocycles. The molecule has 0 unspecified atom stereocenters. The highest BCUT2D eigenvalue weighted by molar-refractivity contribution is 9.10. The first-order valence-electron chi connectivity index (χ1n) is 5.90. The Kier molecular flexibility index (Phi) is 2.92. The number of nitrogens with zero attached hydrogens (tertiary/aromatic N) is 2. The van der Waals surface area contributed by atoms with E-state index in [1.807, 2.05) is 22.9 Å². The summed E-state index contributed by atoms with van der Waals surface area (Å²) in [6.07, 6.45) is 2.09. The fourth-order valence-electron chi connectivity index (χ4n) is 2.09. The molecule has 18 heavy (non-hydrogen) atoms. The predicted octanol–water partition coefficient (Wildman–Crippen LogP) is 4.16. The van der Waals surface area contributed by atoms with Gasteiger partial charge in [-0.3, -0.25) is 4.68 Å². The van der Waals surface area contributed by atoms with Gasteiger partial charge in [-0.05, 0) is 30.2 Å². The average molecular weight is 301 g/mol. The van der Waals surface area contributed by atoms with Crippen LogP contribution in [0, 0.1) is 6.92 Å². The van der Waals surface area contributed by atoms with E-state index in [-0.39, 0.29) is 0 Å². The Morgan fingerprint density at radius 2 is 1.94 bits per heavy atom. The molecule has 0 saturated carbocycles. The molecular weight excluding hydrogens is 288 g/mol. The smallest absolute Gasteiger partial charge is 0.0923 e. The van der Waals surface area contributed by atoms with Crippen molar-refractivity contribution in [1.29, 1.82) is 0 Å². The lowest BCUT2D eigenvalue weighted by Gasteiger charge is -2.07. The van der Waals surface area contributed by atoms with Gasteiger partial charge in [0.05, 0.1) is 12.1 Å². The highest BCUT2D eigenvalue weighted by Crippen LogP contribution is 2.20. The minimum absolute atomic E-state index is 0.806. The van der Waals surface area contributed by atoms with Crippen molar-refractivity contribution in [1.82, 2.24) is 9.78 Å². The molecular formula is C15H13BrN2. The van der Waals surface area contributed by atoms with Crippen molar-refractivity contribution in [2.75, 3.05) is 0 Å². The third kappa shape index (κ3) is 2.06. The molecule has 0 saturated heterocycles. The molecule has 0 aliphatic heterocycles. The first-order valence-corrected chi connectivity index (χ1v) is 6.69. The average Bonchev–Trinajstić information content (AvgIpc) is 2.77. The van der Waals surface area contributed by atoms with Gasteiger partial charge in [0.15, 0.2) is 0 Å². The molecule has 0 amide bonds. The number of hydrogen-bond acceptors (Lipinski definition) is 1. The van der Waals surface area contributed by atoms with Crippen LogP contribution >= 0.6 is 15.9 Å². The van der Waals surface area contributed by atoms with Crippen molar-refractivity contribution in [2.24, 2.45) is 0 Å². The number of fused-ring (bicyclic) bond motifs is 1. The topological polar surface area (TPSA) is 17.8 Å². The molecule has 1 aromatic heterocycles. The van der Waals surface area contributed by atoms with Crippen LogP contribution in [-0.4, -0.2) is 9.78 Å².